The van der Waals surface area contributed by atoms with Crippen molar-refractivity contribution >= 4 is 5.69 Å². The van der Waals surface area contributed by atoms with Crippen molar-refractivity contribution in [3.63, 3.8) is 0 Å². The molecule has 0 aliphatic rings. The summed E-state index contributed by atoms with van der Waals surface area (Å²) in [6, 6.07) is 5.92. The first-order chi connectivity index (χ1) is 9.58. The molecular formula is C16H25N5. The van der Waals surface area contributed by atoms with Crippen LogP contribution in [-0.4, -0.2) is 20.2 Å². The minimum Gasteiger partial charge on any atom is -0.399 e. The summed E-state index contributed by atoms with van der Waals surface area (Å²) in [6.07, 6.45) is 0.972. The van der Waals surface area contributed by atoms with Crippen molar-refractivity contribution in [3.8, 4) is 11.4 Å². The van der Waals surface area contributed by atoms with Crippen molar-refractivity contribution in [2.24, 2.45) is 5.41 Å². The van der Waals surface area contributed by atoms with Crippen LogP contribution in [0.1, 0.15) is 46.6 Å². The van der Waals surface area contributed by atoms with Crippen LogP contribution >= 0.6 is 0 Å². The number of nitrogen functional groups attached to an aromatic ring is 1. The average Bonchev–Trinajstić information content (AvgIpc) is 2.73. The highest BCUT2D eigenvalue weighted by Crippen LogP contribution is 2.34. The zero-order valence-electron chi connectivity index (χ0n) is 13.8. The number of aromatic nitrogens is 4. The summed E-state index contributed by atoms with van der Waals surface area (Å²) in [6.45, 7) is 13.0. The second-order valence-corrected chi connectivity index (χ2v) is 7.60. The Labute approximate surface area is 126 Å². The third kappa shape index (κ3) is 3.60. The number of nitrogens with two attached hydrogens (primary N) is 1. The van der Waals surface area contributed by atoms with Crippen LogP contribution in [0.4, 0.5) is 5.69 Å². The molecule has 0 unspecified atom stereocenters. The Morgan fingerprint density at radius 1 is 1.10 bits per heavy atom. The molecule has 2 rings (SSSR count). The third-order valence-corrected chi connectivity index (χ3v) is 3.36. The summed E-state index contributed by atoms with van der Waals surface area (Å²) >= 11 is 0. The van der Waals surface area contributed by atoms with Gasteiger partial charge in [-0.05, 0) is 66.8 Å². The van der Waals surface area contributed by atoms with E-state index >= 15 is 0 Å². The molecule has 0 radical (unpaired) electrons. The van der Waals surface area contributed by atoms with E-state index in [0.29, 0.717) is 0 Å². The van der Waals surface area contributed by atoms with Gasteiger partial charge in [0.05, 0.1) is 5.54 Å². The molecule has 0 bridgehead atoms. The van der Waals surface area contributed by atoms with Crippen LogP contribution in [0.5, 0.6) is 0 Å². The molecule has 1 aromatic heterocycles. The topological polar surface area (TPSA) is 69.6 Å². The summed E-state index contributed by atoms with van der Waals surface area (Å²) < 4.78 is 1.91. The van der Waals surface area contributed by atoms with Gasteiger partial charge in [0.1, 0.15) is 0 Å². The predicted molar refractivity (Wildman–Crippen MR) is 85.8 cm³/mol. The highest BCUT2D eigenvalue weighted by molar-refractivity contribution is 5.62. The van der Waals surface area contributed by atoms with Crippen LogP contribution in [0.2, 0.25) is 0 Å². The van der Waals surface area contributed by atoms with E-state index in [-0.39, 0.29) is 11.0 Å². The van der Waals surface area contributed by atoms with Gasteiger partial charge < -0.3 is 5.73 Å². The quantitative estimate of drug-likeness (QED) is 0.878. The molecule has 5 heteroatoms. The molecule has 0 aliphatic heterocycles. The first kappa shape index (κ1) is 15.5. The van der Waals surface area contributed by atoms with Crippen molar-refractivity contribution in [1.29, 1.82) is 0 Å². The van der Waals surface area contributed by atoms with E-state index in [9.17, 15) is 0 Å². The van der Waals surface area contributed by atoms with Crippen molar-refractivity contribution in [2.75, 3.05) is 5.73 Å². The number of nitrogens with zero attached hydrogens (tertiary/aromatic N) is 4. The van der Waals surface area contributed by atoms with E-state index in [2.05, 4.69) is 56.2 Å². The molecule has 1 heterocycles. The minimum atomic E-state index is -0.171. The number of aryl methyl sites for hydroxylation is 1. The molecule has 2 N–H and O–H groups in total. The summed E-state index contributed by atoms with van der Waals surface area (Å²) in [5.74, 6) is 0.764. The van der Waals surface area contributed by atoms with E-state index in [1.807, 2.05) is 23.7 Å². The fourth-order valence-electron chi connectivity index (χ4n) is 3.09. The Balaban J connectivity index is 2.47. The number of benzene rings is 1. The van der Waals surface area contributed by atoms with Crippen LogP contribution in [0, 0.1) is 12.3 Å². The minimum absolute atomic E-state index is 0.171. The van der Waals surface area contributed by atoms with E-state index < -0.39 is 0 Å². The van der Waals surface area contributed by atoms with Gasteiger partial charge >= 0.3 is 0 Å². The second kappa shape index (κ2) is 5.13. The van der Waals surface area contributed by atoms with Crippen LogP contribution in [0.15, 0.2) is 18.2 Å². The largest absolute Gasteiger partial charge is 0.399 e. The summed E-state index contributed by atoms with van der Waals surface area (Å²) in [4.78, 5) is 0. The molecule has 1 aromatic carbocycles. The van der Waals surface area contributed by atoms with E-state index in [1.54, 1.807) is 0 Å². The van der Waals surface area contributed by atoms with Crippen molar-refractivity contribution in [2.45, 2.75) is 53.5 Å². The number of hydrogen-bond acceptors (Lipinski definition) is 4. The maximum atomic E-state index is 5.95. The van der Waals surface area contributed by atoms with Gasteiger partial charge in [0.2, 0.25) is 0 Å². The Hall–Kier alpha value is -1.91. The molecule has 0 saturated carbocycles. The maximum absolute atomic E-state index is 5.95. The zero-order valence-corrected chi connectivity index (χ0v) is 13.8. The van der Waals surface area contributed by atoms with Crippen LogP contribution in [0.3, 0.4) is 0 Å². The van der Waals surface area contributed by atoms with Gasteiger partial charge in [-0.25, -0.2) is 4.68 Å². The lowest BCUT2D eigenvalue weighted by atomic mass is 9.82. The molecular weight excluding hydrogens is 262 g/mol. The number of anilines is 1. The molecule has 2 aromatic rings. The molecule has 0 saturated heterocycles. The van der Waals surface area contributed by atoms with E-state index in [1.165, 1.54) is 0 Å². The van der Waals surface area contributed by atoms with E-state index in [4.69, 9.17) is 5.73 Å². The normalized spacial score (nSPS) is 12.7. The first-order valence-corrected chi connectivity index (χ1v) is 7.25. The molecule has 0 amide bonds. The lowest BCUT2D eigenvalue weighted by Crippen LogP contribution is -2.33. The molecule has 0 aliphatic carbocycles. The number of hydrogen-bond donors (Lipinski definition) is 1. The fraction of sp³-hybridized carbons (Fsp3) is 0.562. The van der Waals surface area contributed by atoms with Gasteiger partial charge in [-0.1, -0.05) is 20.8 Å². The Morgan fingerprint density at radius 3 is 2.33 bits per heavy atom. The summed E-state index contributed by atoms with van der Waals surface area (Å²) in [5, 5.41) is 12.3. The smallest absolute Gasteiger partial charge is 0.182 e. The van der Waals surface area contributed by atoms with Crippen LogP contribution < -0.4 is 5.73 Å². The molecule has 0 atom stereocenters. The fourth-order valence-corrected chi connectivity index (χ4v) is 3.09. The first-order valence-electron chi connectivity index (χ1n) is 7.25. The third-order valence-electron chi connectivity index (χ3n) is 3.36. The highest BCUT2D eigenvalue weighted by Gasteiger charge is 2.31. The van der Waals surface area contributed by atoms with Gasteiger partial charge in [0, 0.05) is 11.3 Å². The molecule has 0 fully saturated rings. The highest BCUT2D eigenvalue weighted by atomic mass is 15.6. The molecule has 114 valence electrons. The van der Waals surface area contributed by atoms with Gasteiger partial charge in [0.25, 0.3) is 0 Å². The molecule has 0 spiro atoms. The predicted octanol–water partition coefficient (Wildman–Crippen LogP) is 3.40. The van der Waals surface area contributed by atoms with Crippen molar-refractivity contribution in [1.82, 2.24) is 20.2 Å². The van der Waals surface area contributed by atoms with Crippen molar-refractivity contribution in [3.05, 3.63) is 23.8 Å². The van der Waals surface area contributed by atoms with Gasteiger partial charge in [-0.15, -0.1) is 5.10 Å². The van der Waals surface area contributed by atoms with Gasteiger partial charge in [-0.3, -0.25) is 0 Å². The van der Waals surface area contributed by atoms with Crippen LogP contribution in [-0.2, 0) is 5.54 Å². The average molecular weight is 287 g/mol. The van der Waals surface area contributed by atoms with Crippen molar-refractivity contribution < 1.29 is 0 Å². The standard InChI is InChI=1S/C16H25N5/c1-11-7-12(9-13(17)8-11)14-18-19-20-21(14)16(5,6)10-15(2,3)4/h7-9H,10,17H2,1-6H3. The molecule has 21 heavy (non-hydrogen) atoms. The molecule has 5 nitrogen and oxygen atoms in total. The second-order valence-electron chi connectivity index (χ2n) is 7.60. The van der Waals surface area contributed by atoms with Gasteiger partial charge in [0.15, 0.2) is 5.82 Å². The SMILES string of the molecule is Cc1cc(N)cc(-c2nnnn2C(C)(C)CC(C)(C)C)c1. The van der Waals surface area contributed by atoms with E-state index in [0.717, 1.165) is 29.1 Å². The Kier molecular flexibility index (Phi) is 3.78. The van der Waals surface area contributed by atoms with Gasteiger partial charge in [-0.2, -0.15) is 0 Å². The lowest BCUT2D eigenvalue weighted by Gasteiger charge is -2.32. The maximum Gasteiger partial charge on any atom is 0.182 e. The Morgan fingerprint density at radius 2 is 1.76 bits per heavy atom. The summed E-state index contributed by atoms with van der Waals surface area (Å²) in [5.41, 5.74) is 8.76. The number of tetrazole rings is 1. The number of rotatable bonds is 3. The summed E-state index contributed by atoms with van der Waals surface area (Å²) in [7, 11) is 0. The van der Waals surface area contributed by atoms with Crippen LogP contribution in [0.25, 0.3) is 11.4 Å². The zero-order chi connectivity index (χ0) is 15.8. The Bertz CT molecular complexity index is 614. The monoisotopic (exact) mass is 287 g/mol. The lowest BCUT2D eigenvalue weighted by molar-refractivity contribution is 0.197.